The number of esters is 1. The first-order valence-electron chi connectivity index (χ1n) is 4.84. The van der Waals surface area contributed by atoms with Gasteiger partial charge in [0.2, 0.25) is 5.70 Å². The quantitative estimate of drug-likeness (QED) is 0.366. The van der Waals surface area contributed by atoms with Gasteiger partial charge in [-0.2, -0.15) is 0 Å². The minimum atomic E-state index is -0.969. The van der Waals surface area contributed by atoms with Crippen molar-refractivity contribution in [3.05, 3.63) is 41.3 Å². The smallest absolute Gasteiger partial charge is 0.362 e. The molecule has 90 valence electrons. The fourth-order valence-corrected chi connectivity index (χ4v) is 1.18. The number of carbonyl (C=O) groups excluding carboxylic acids is 1. The molecule has 0 radical (unpaired) electrons. The molecule has 0 unspecified atom stereocenters. The first-order chi connectivity index (χ1) is 8.11. The van der Waals surface area contributed by atoms with E-state index in [0.717, 1.165) is 6.07 Å². The molecule has 0 aliphatic heterocycles. The molecule has 0 saturated heterocycles. The summed E-state index contributed by atoms with van der Waals surface area (Å²) in [5, 5.41) is 12.5. The molecule has 17 heavy (non-hydrogen) atoms. The van der Waals surface area contributed by atoms with Crippen molar-refractivity contribution in [2.75, 3.05) is 6.61 Å². The number of aliphatic hydroxyl groups is 1. The third kappa shape index (κ3) is 2.87. The van der Waals surface area contributed by atoms with Crippen LogP contribution in [0.15, 0.2) is 35.1 Å². The maximum atomic E-state index is 13.3. The van der Waals surface area contributed by atoms with Gasteiger partial charge in [-0.1, -0.05) is 12.1 Å². The molecule has 0 spiro atoms. The lowest BCUT2D eigenvalue weighted by Gasteiger charge is -2.05. The first-order valence-corrected chi connectivity index (χ1v) is 4.84. The summed E-state index contributed by atoms with van der Waals surface area (Å²) in [4.78, 5) is 11.3. The van der Waals surface area contributed by atoms with E-state index in [4.69, 9.17) is 5.53 Å². The molecule has 0 fully saturated rings. The summed E-state index contributed by atoms with van der Waals surface area (Å²) < 4.78 is 17.9. The molecule has 1 rings (SSSR count). The molecule has 0 atom stereocenters. The molecular formula is C11H11FN2O3. The van der Waals surface area contributed by atoms with Crippen LogP contribution >= 0.6 is 0 Å². The molecule has 0 saturated carbocycles. The average molecular weight is 238 g/mol. The van der Waals surface area contributed by atoms with Crippen LogP contribution in [0.3, 0.4) is 0 Å². The number of carbonyl (C=O) groups is 1. The number of aliphatic hydroxyl groups excluding tert-OH is 1. The van der Waals surface area contributed by atoms with Gasteiger partial charge >= 0.3 is 5.97 Å². The minimum Gasteiger partial charge on any atom is -0.505 e. The molecule has 6 heteroatoms. The van der Waals surface area contributed by atoms with Crippen LogP contribution in [-0.4, -0.2) is 17.7 Å². The molecule has 0 heterocycles. The Morgan fingerprint density at radius 2 is 2.18 bits per heavy atom. The van der Waals surface area contributed by atoms with Crippen molar-refractivity contribution in [2.24, 2.45) is 5.11 Å². The average Bonchev–Trinajstić information content (AvgIpc) is 2.30. The van der Waals surface area contributed by atoms with E-state index in [1.54, 1.807) is 6.92 Å². The van der Waals surface area contributed by atoms with Gasteiger partial charge in [-0.05, 0) is 19.1 Å². The van der Waals surface area contributed by atoms with Crippen molar-refractivity contribution in [3.8, 4) is 0 Å². The van der Waals surface area contributed by atoms with Crippen molar-refractivity contribution in [1.82, 2.24) is 0 Å². The maximum Gasteiger partial charge on any atom is 0.362 e. The lowest BCUT2D eigenvalue weighted by atomic mass is 10.1. The predicted octanol–water partition coefficient (Wildman–Crippen LogP) is 2.65. The zero-order valence-corrected chi connectivity index (χ0v) is 9.11. The van der Waals surface area contributed by atoms with Crippen LogP contribution < -0.4 is 0 Å². The van der Waals surface area contributed by atoms with Crippen LogP contribution in [-0.2, 0) is 9.53 Å². The molecule has 0 aliphatic carbocycles. The van der Waals surface area contributed by atoms with Crippen molar-refractivity contribution in [3.63, 3.8) is 0 Å². The Hall–Kier alpha value is -2.24. The first kappa shape index (κ1) is 12.8. The summed E-state index contributed by atoms with van der Waals surface area (Å²) in [7, 11) is 0. The zero-order valence-electron chi connectivity index (χ0n) is 9.11. The predicted molar refractivity (Wildman–Crippen MR) is 57.7 cm³/mol. The highest BCUT2D eigenvalue weighted by molar-refractivity contribution is 5.95. The molecule has 2 N–H and O–H groups in total. The maximum absolute atomic E-state index is 13.3. The molecule has 1 aromatic rings. The normalized spacial score (nSPS) is 11.6. The monoisotopic (exact) mass is 238 g/mol. The molecule has 0 aliphatic rings. The molecule has 0 amide bonds. The largest absolute Gasteiger partial charge is 0.505 e. The zero-order chi connectivity index (χ0) is 12.8. The number of hydrogen-bond acceptors (Lipinski definition) is 5. The van der Waals surface area contributed by atoms with E-state index in [1.165, 1.54) is 18.2 Å². The van der Waals surface area contributed by atoms with Gasteiger partial charge < -0.3 is 9.84 Å². The Bertz CT molecular complexity index is 472. The highest BCUT2D eigenvalue weighted by Gasteiger charge is 2.19. The van der Waals surface area contributed by atoms with Gasteiger partial charge in [-0.15, -0.1) is 5.11 Å². The van der Waals surface area contributed by atoms with E-state index in [0.29, 0.717) is 0 Å². The minimum absolute atomic E-state index is 0.0718. The van der Waals surface area contributed by atoms with Crippen LogP contribution in [0.4, 0.5) is 4.39 Å². The Morgan fingerprint density at radius 1 is 1.53 bits per heavy atom. The van der Waals surface area contributed by atoms with Gasteiger partial charge in [0, 0.05) is 0 Å². The lowest BCUT2D eigenvalue weighted by molar-refractivity contribution is -0.138. The topological polar surface area (TPSA) is 82.7 Å². The number of hydrogen-bond donors (Lipinski definition) is 2. The second-order valence-electron chi connectivity index (χ2n) is 3.01. The number of nitrogens with one attached hydrogen (secondary N) is 1. The number of halogens is 1. The van der Waals surface area contributed by atoms with Gasteiger partial charge in [0.05, 0.1) is 12.2 Å². The highest BCUT2D eigenvalue weighted by Crippen LogP contribution is 2.20. The van der Waals surface area contributed by atoms with E-state index < -0.39 is 23.2 Å². The van der Waals surface area contributed by atoms with Crippen LogP contribution in [0.5, 0.6) is 0 Å². The van der Waals surface area contributed by atoms with Crippen molar-refractivity contribution >= 4 is 11.7 Å². The summed E-state index contributed by atoms with van der Waals surface area (Å²) in [6.07, 6.45) is 0. The van der Waals surface area contributed by atoms with Gasteiger partial charge in [0.25, 0.3) is 0 Å². The Balaban J connectivity index is 3.22. The van der Waals surface area contributed by atoms with Gasteiger partial charge in [0.1, 0.15) is 5.82 Å². The summed E-state index contributed by atoms with van der Waals surface area (Å²) in [6.45, 7) is 1.64. The van der Waals surface area contributed by atoms with E-state index in [2.05, 4.69) is 9.85 Å². The second kappa shape index (κ2) is 5.74. The Morgan fingerprint density at radius 3 is 2.71 bits per heavy atom. The van der Waals surface area contributed by atoms with Gasteiger partial charge in [-0.25, -0.2) is 14.7 Å². The Labute approximate surface area is 97.0 Å². The summed E-state index contributed by atoms with van der Waals surface area (Å²) >= 11 is 0. The number of nitrogens with zero attached hydrogens (tertiary/aromatic N) is 1. The fraction of sp³-hybridized carbons (Fsp3) is 0.182. The van der Waals surface area contributed by atoms with Crippen LogP contribution in [0.1, 0.15) is 12.5 Å². The lowest BCUT2D eigenvalue weighted by Crippen LogP contribution is -2.08. The second-order valence-corrected chi connectivity index (χ2v) is 3.01. The SMILES string of the molecule is CCOC(=O)C(N=N)=C(O)c1ccccc1F. The molecule has 0 aromatic heterocycles. The van der Waals surface area contributed by atoms with E-state index in [9.17, 15) is 14.3 Å². The molecule has 1 aromatic carbocycles. The summed E-state index contributed by atoms with van der Waals surface area (Å²) in [6, 6.07) is 5.32. The summed E-state index contributed by atoms with van der Waals surface area (Å²) in [5.74, 6) is -2.39. The fourth-order valence-electron chi connectivity index (χ4n) is 1.18. The van der Waals surface area contributed by atoms with Gasteiger partial charge in [0.15, 0.2) is 5.76 Å². The third-order valence-corrected chi connectivity index (χ3v) is 1.93. The number of benzene rings is 1. The highest BCUT2D eigenvalue weighted by atomic mass is 19.1. The summed E-state index contributed by atoms with van der Waals surface area (Å²) in [5.41, 5.74) is 5.97. The number of ether oxygens (including phenoxy) is 1. The van der Waals surface area contributed by atoms with Crippen molar-refractivity contribution in [2.45, 2.75) is 6.92 Å². The standard InChI is InChI=1S/C11H11FN2O3/c1-2-17-11(16)9(14-13)10(15)7-5-3-4-6-8(7)12/h3-6,13,15H,2H2,1H3. The van der Waals surface area contributed by atoms with Crippen molar-refractivity contribution in [1.29, 1.82) is 5.53 Å². The van der Waals surface area contributed by atoms with Gasteiger partial charge in [-0.3, -0.25) is 0 Å². The van der Waals surface area contributed by atoms with Crippen LogP contribution in [0, 0.1) is 11.3 Å². The number of rotatable bonds is 4. The van der Waals surface area contributed by atoms with E-state index in [-0.39, 0.29) is 12.2 Å². The van der Waals surface area contributed by atoms with E-state index >= 15 is 0 Å². The molecular weight excluding hydrogens is 227 g/mol. The van der Waals surface area contributed by atoms with Crippen LogP contribution in [0.2, 0.25) is 0 Å². The Kier molecular flexibility index (Phi) is 4.33. The molecule has 5 nitrogen and oxygen atoms in total. The van der Waals surface area contributed by atoms with E-state index in [1.807, 2.05) is 0 Å². The molecule has 0 bridgehead atoms. The third-order valence-electron chi connectivity index (χ3n) is 1.93. The van der Waals surface area contributed by atoms with Crippen molar-refractivity contribution < 1.29 is 19.0 Å². The van der Waals surface area contributed by atoms with Crippen LogP contribution in [0.25, 0.3) is 5.76 Å².